The van der Waals surface area contributed by atoms with E-state index in [1.807, 2.05) is 0 Å². The summed E-state index contributed by atoms with van der Waals surface area (Å²) in [7, 11) is 1.53. The van der Waals surface area contributed by atoms with E-state index in [0.717, 1.165) is 0 Å². The fourth-order valence-corrected chi connectivity index (χ4v) is 2.12. The normalized spacial score (nSPS) is 9.95. The first-order valence-electron chi connectivity index (χ1n) is 5.29. The van der Waals surface area contributed by atoms with Crippen LogP contribution in [0.1, 0.15) is 10.4 Å². The first-order valence-corrected chi connectivity index (χ1v) is 6.17. The molecule has 0 bridgehead atoms. The van der Waals surface area contributed by atoms with Crippen molar-refractivity contribution in [1.29, 1.82) is 0 Å². The molecule has 7 nitrogen and oxygen atoms in total. The Hall–Kier alpha value is -2.48. The number of para-hydroxylation sites is 1. The number of nitro groups is 1. The largest absolute Gasteiger partial charge is 0.382 e. The average Bonchev–Trinajstić information content (AvgIpc) is 2.90. The van der Waals surface area contributed by atoms with Gasteiger partial charge in [0.15, 0.2) is 5.13 Å². The highest BCUT2D eigenvalue weighted by atomic mass is 32.1. The lowest BCUT2D eigenvalue weighted by Crippen LogP contribution is -2.14. The highest BCUT2D eigenvalue weighted by Gasteiger charge is 2.20. The van der Waals surface area contributed by atoms with Crippen LogP contribution in [0.5, 0.6) is 0 Å². The fraction of sp³-hybridized carbons (Fsp3) is 0.0909. The number of benzene rings is 1. The predicted molar refractivity (Wildman–Crippen MR) is 72.7 cm³/mol. The fourth-order valence-electron chi connectivity index (χ4n) is 1.59. The molecule has 19 heavy (non-hydrogen) atoms. The lowest BCUT2D eigenvalue weighted by Gasteiger charge is -2.08. The number of rotatable bonds is 4. The van der Waals surface area contributed by atoms with E-state index in [2.05, 4.69) is 15.6 Å². The number of nitrogens with one attached hydrogen (secondary N) is 2. The Labute approximate surface area is 112 Å². The van der Waals surface area contributed by atoms with Gasteiger partial charge in [0, 0.05) is 24.7 Å². The van der Waals surface area contributed by atoms with E-state index >= 15 is 0 Å². The van der Waals surface area contributed by atoms with Gasteiger partial charge < -0.3 is 5.32 Å². The summed E-state index contributed by atoms with van der Waals surface area (Å²) < 4.78 is 0. The third-order valence-electron chi connectivity index (χ3n) is 2.39. The summed E-state index contributed by atoms with van der Waals surface area (Å²) in [6.07, 6.45) is 1.56. The molecule has 0 aliphatic rings. The Balaban J connectivity index is 2.36. The number of nitro benzene ring substituents is 1. The minimum Gasteiger partial charge on any atom is -0.382 e. The average molecular weight is 278 g/mol. The van der Waals surface area contributed by atoms with Crippen molar-refractivity contribution in [2.75, 3.05) is 17.7 Å². The van der Waals surface area contributed by atoms with Crippen LogP contribution in [-0.4, -0.2) is 22.9 Å². The molecule has 8 heteroatoms. The molecule has 1 aromatic carbocycles. The van der Waals surface area contributed by atoms with Crippen LogP contribution in [0.4, 0.5) is 16.5 Å². The molecule has 1 aromatic heterocycles. The van der Waals surface area contributed by atoms with Crippen LogP contribution in [0.2, 0.25) is 0 Å². The standard InChI is InChI=1S/C11H10N4O3S/c1-12-9-7(3-2-4-8(9)15(17)18)10(16)14-11-13-5-6-19-11/h2-6,12H,1H3,(H,13,14,16). The third kappa shape index (κ3) is 2.68. The van der Waals surface area contributed by atoms with Crippen LogP contribution in [0.3, 0.4) is 0 Å². The van der Waals surface area contributed by atoms with Crippen LogP contribution in [-0.2, 0) is 0 Å². The molecule has 0 fully saturated rings. The number of carbonyl (C=O) groups excluding carboxylic acids is 1. The first-order chi connectivity index (χ1) is 9.13. The van der Waals surface area contributed by atoms with Gasteiger partial charge in [-0.05, 0) is 6.07 Å². The number of aromatic nitrogens is 1. The summed E-state index contributed by atoms with van der Waals surface area (Å²) in [5, 5.41) is 18.3. The van der Waals surface area contributed by atoms with Crippen molar-refractivity contribution in [2.45, 2.75) is 0 Å². The molecular weight excluding hydrogens is 268 g/mol. The van der Waals surface area contributed by atoms with Gasteiger partial charge in [0.05, 0.1) is 10.5 Å². The van der Waals surface area contributed by atoms with Gasteiger partial charge in [-0.1, -0.05) is 6.07 Å². The van der Waals surface area contributed by atoms with Crippen LogP contribution < -0.4 is 10.6 Å². The van der Waals surface area contributed by atoms with E-state index in [0.29, 0.717) is 5.13 Å². The summed E-state index contributed by atoms with van der Waals surface area (Å²) in [5.74, 6) is -0.442. The summed E-state index contributed by atoms with van der Waals surface area (Å²) in [6, 6.07) is 4.32. The van der Waals surface area contributed by atoms with Gasteiger partial charge in [0.2, 0.25) is 0 Å². The van der Waals surface area contributed by atoms with Crippen molar-refractivity contribution in [3.8, 4) is 0 Å². The molecule has 0 saturated carbocycles. The van der Waals surface area contributed by atoms with Gasteiger partial charge in [0.25, 0.3) is 11.6 Å². The van der Waals surface area contributed by atoms with Gasteiger partial charge in [-0.3, -0.25) is 20.2 Å². The van der Waals surface area contributed by atoms with Crippen LogP contribution >= 0.6 is 11.3 Å². The van der Waals surface area contributed by atoms with E-state index in [4.69, 9.17) is 0 Å². The number of nitrogens with zero attached hydrogens (tertiary/aromatic N) is 2. The molecular formula is C11H10N4O3S. The van der Waals surface area contributed by atoms with Crippen molar-refractivity contribution in [3.05, 3.63) is 45.5 Å². The molecule has 2 rings (SSSR count). The molecule has 0 atom stereocenters. The molecule has 0 aliphatic heterocycles. The zero-order valence-electron chi connectivity index (χ0n) is 9.91. The third-order valence-corrected chi connectivity index (χ3v) is 3.08. The van der Waals surface area contributed by atoms with E-state index in [1.165, 1.54) is 36.6 Å². The van der Waals surface area contributed by atoms with Crippen LogP contribution in [0.25, 0.3) is 0 Å². The van der Waals surface area contributed by atoms with E-state index in [1.54, 1.807) is 11.6 Å². The maximum absolute atomic E-state index is 12.1. The Kier molecular flexibility index (Phi) is 3.71. The Bertz CT molecular complexity index is 612. The van der Waals surface area contributed by atoms with Crippen molar-refractivity contribution in [1.82, 2.24) is 4.98 Å². The zero-order valence-corrected chi connectivity index (χ0v) is 10.7. The molecule has 1 amide bonds. The maximum atomic E-state index is 12.1. The van der Waals surface area contributed by atoms with Crippen molar-refractivity contribution < 1.29 is 9.72 Å². The minimum atomic E-state index is -0.536. The molecule has 0 radical (unpaired) electrons. The second kappa shape index (κ2) is 5.44. The van der Waals surface area contributed by atoms with Crippen molar-refractivity contribution in [2.24, 2.45) is 0 Å². The molecule has 0 spiro atoms. The molecule has 0 saturated heterocycles. The lowest BCUT2D eigenvalue weighted by atomic mass is 10.1. The van der Waals surface area contributed by atoms with Crippen LogP contribution in [0.15, 0.2) is 29.8 Å². The van der Waals surface area contributed by atoms with E-state index in [-0.39, 0.29) is 16.9 Å². The number of hydrogen-bond acceptors (Lipinski definition) is 6. The molecule has 2 N–H and O–H groups in total. The zero-order chi connectivity index (χ0) is 13.8. The molecule has 0 aliphatic carbocycles. The number of thiazole rings is 1. The topological polar surface area (TPSA) is 97.2 Å². The molecule has 98 valence electrons. The maximum Gasteiger partial charge on any atom is 0.293 e. The quantitative estimate of drug-likeness (QED) is 0.661. The minimum absolute atomic E-state index is 0.144. The van der Waals surface area contributed by atoms with Gasteiger partial charge >= 0.3 is 0 Å². The summed E-state index contributed by atoms with van der Waals surface area (Å²) in [5.41, 5.74) is 0.239. The summed E-state index contributed by atoms with van der Waals surface area (Å²) >= 11 is 1.27. The summed E-state index contributed by atoms with van der Waals surface area (Å²) in [6.45, 7) is 0. The number of carbonyl (C=O) groups is 1. The van der Waals surface area contributed by atoms with E-state index < -0.39 is 10.8 Å². The van der Waals surface area contributed by atoms with Gasteiger partial charge in [-0.25, -0.2) is 4.98 Å². The van der Waals surface area contributed by atoms with Crippen molar-refractivity contribution >= 4 is 33.8 Å². The second-order valence-corrected chi connectivity index (χ2v) is 4.39. The molecule has 0 unspecified atom stereocenters. The summed E-state index contributed by atoms with van der Waals surface area (Å²) in [4.78, 5) is 26.3. The number of amides is 1. The Morgan fingerprint density at radius 1 is 1.47 bits per heavy atom. The van der Waals surface area contributed by atoms with Gasteiger partial charge in [-0.15, -0.1) is 11.3 Å². The van der Waals surface area contributed by atoms with Crippen LogP contribution in [0, 0.1) is 10.1 Å². The van der Waals surface area contributed by atoms with Gasteiger partial charge in [0.1, 0.15) is 5.69 Å². The number of anilines is 2. The highest BCUT2D eigenvalue weighted by Crippen LogP contribution is 2.28. The smallest absolute Gasteiger partial charge is 0.293 e. The van der Waals surface area contributed by atoms with E-state index in [9.17, 15) is 14.9 Å². The number of hydrogen-bond donors (Lipinski definition) is 2. The Morgan fingerprint density at radius 2 is 2.26 bits per heavy atom. The monoisotopic (exact) mass is 278 g/mol. The SMILES string of the molecule is CNc1c(C(=O)Nc2nccs2)cccc1[N+](=O)[O-]. The predicted octanol–water partition coefficient (Wildman–Crippen LogP) is 2.35. The Morgan fingerprint density at radius 3 is 2.84 bits per heavy atom. The highest BCUT2D eigenvalue weighted by molar-refractivity contribution is 7.13. The molecule has 1 heterocycles. The second-order valence-electron chi connectivity index (χ2n) is 3.50. The first kappa shape index (κ1) is 13.0. The van der Waals surface area contributed by atoms with Gasteiger partial charge in [-0.2, -0.15) is 0 Å². The molecule has 2 aromatic rings. The van der Waals surface area contributed by atoms with Crippen molar-refractivity contribution in [3.63, 3.8) is 0 Å². The lowest BCUT2D eigenvalue weighted by molar-refractivity contribution is -0.384.